The molecule has 3 aromatic heterocycles. The van der Waals surface area contributed by atoms with Gasteiger partial charge in [0.05, 0.1) is 24.5 Å². The summed E-state index contributed by atoms with van der Waals surface area (Å²) in [6, 6.07) is 4.47. The quantitative estimate of drug-likeness (QED) is 0.515. The number of anilines is 1. The molecule has 4 heterocycles. The summed E-state index contributed by atoms with van der Waals surface area (Å²) < 4.78 is 33.0. The van der Waals surface area contributed by atoms with E-state index in [1.165, 1.54) is 29.2 Å². The molecule has 3 aromatic rings. The lowest BCUT2D eigenvalue weighted by atomic mass is 10.2. The van der Waals surface area contributed by atoms with Gasteiger partial charge in [0.1, 0.15) is 35.5 Å². The zero-order chi connectivity index (χ0) is 19.8. The van der Waals surface area contributed by atoms with Crippen LogP contribution < -0.4 is 10.6 Å². The maximum absolute atomic E-state index is 13.0. The van der Waals surface area contributed by atoms with Crippen LogP contribution in [0.1, 0.15) is 19.0 Å². The molecule has 1 aliphatic rings. The first-order chi connectivity index (χ1) is 13.4. The Bertz CT molecular complexity index is 1020. The van der Waals surface area contributed by atoms with Gasteiger partial charge in [-0.3, -0.25) is 5.41 Å². The first-order valence-electron chi connectivity index (χ1n) is 8.62. The van der Waals surface area contributed by atoms with Crippen LogP contribution in [0, 0.1) is 5.41 Å². The summed E-state index contributed by atoms with van der Waals surface area (Å²) in [5, 5.41) is 11.6. The molecule has 0 radical (unpaired) electrons. The number of morpholine rings is 1. The van der Waals surface area contributed by atoms with Crippen molar-refractivity contribution in [3.8, 4) is 11.4 Å². The van der Waals surface area contributed by atoms with Gasteiger partial charge in [0.25, 0.3) is 6.43 Å². The molecular weight excluding hydrogens is 370 g/mol. The van der Waals surface area contributed by atoms with Gasteiger partial charge in [-0.2, -0.15) is 5.10 Å². The van der Waals surface area contributed by atoms with Crippen LogP contribution in [-0.4, -0.2) is 55.7 Å². The average molecular weight is 388 g/mol. The number of nitrogens with one attached hydrogen (secondary N) is 1. The zero-order valence-electron chi connectivity index (χ0n) is 15.0. The van der Waals surface area contributed by atoms with Gasteiger partial charge < -0.3 is 15.4 Å². The molecule has 1 aliphatic heterocycles. The van der Waals surface area contributed by atoms with Crippen molar-refractivity contribution in [2.75, 3.05) is 18.0 Å². The van der Waals surface area contributed by atoms with Gasteiger partial charge in [-0.1, -0.05) is 0 Å². The molecule has 1 saturated heterocycles. The van der Waals surface area contributed by atoms with E-state index in [-0.39, 0.29) is 17.6 Å². The number of fused-ring (bicyclic) bond motifs is 1. The number of alkyl halides is 2. The molecule has 4 rings (SSSR count). The largest absolute Gasteiger partial charge is 0.385 e. The van der Waals surface area contributed by atoms with E-state index in [1.807, 2.05) is 11.8 Å². The summed E-state index contributed by atoms with van der Waals surface area (Å²) >= 11 is 0. The Morgan fingerprint density at radius 3 is 2.86 bits per heavy atom. The standard InChI is InChI=1S/C17H18F2N8O/c1-9-6-26(7-13(28-9)17(20)21)15-4-11(23-8-24-15)12-5-22-14-3-2-10(16(18)19)25-27(12)14/h2-5,8-9,13,16H,6-7H2,1H3,(H3,20,21)/t9-,13?/m1/s1. The number of hydrogen-bond donors (Lipinski definition) is 2. The van der Waals surface area contributed by atoms with Crippen LogP contribution in [0.25, 0.3) is 17.0 Å². The highest BCUT2D eigenvalue weighted by Gasteiger charge is 2.28. The molecule has 0 spiro atoms. The van der Waals surface area contributed by atoms with Crippen LogP contribution in [0.15, 0.2) is 30.7 Å². The van der Waals surface area contributed by atoms with E-state index in [1.54, 1.807) is 6.07 Å². The molecule has 3 N–H and O–H groups in total. The Balaban J connectivity index is 1.70. The molecule has 1 fully saturated rings. The third-order valence-corrected chi connectivity index (χ3v) is 4.45. The van der Waals surface area contributed by atoms with E-state index in [0.29, 0.717) is 35.9 Å². The fraction of sp³-hybridized carbons (Fsp3) is 0.353. The summed E-state index contributed by atoms with van der Waals surface area (Å²) in [4.78, 5) is 14.7. The van der Waals surface area contributed by atoms with Crippen molar-refractivity contribution in [2.45, 2.75) is 25.6 Å². The zero-order valence-corrected chi connectivity index (χ0v) is 15.0. The molecule has 11 heteroatoms. The average Bonchev–Trinajstić information content (AvgIpc) is 3.10. The second-order valence-corrected chi connectivity index (χ2v) is 6.53. The highest BCUT2D eigenvalue weighted by Crippen LogP contribution is 2.25. The Labute approximate surface area is 158 Å². The van der Waals surface area contributed by atoms with Gasteiger partial charge in [0, 0.05) is 12.6 Å². The lowest BCUT2D eigenvalue weighted by Gasteiger charge is -2.36. The molecule has 9 nitrogen and oxygen atoms in total. The number of nitrogens with zero attached hydrogens (tertiary/aromatic N) is 6. The fourth-order valence-electron chi connectivity index (χ4n) is 3.15. The molecule has 0 saturated carbocycles. The van der Waals surface area contributed by atoms with Crippen LogP contribution in [0.2, 0.25) is 0 Å². The van der Waals surface area contributed by atoms with E-state index in [9.17, 15) is 8.78 Å². The number of rotatable bonds is 4. The van der Waals surface area contributed by atoms with Crippen molar-refractivity contribution in [3.63, 3.8) is 0 Å². The van der Waals surface area contributed by atoms with Crippen molar-refractivity contribution in [3.05, 3.63) is 36.4 Å². The van der Waals surface area contributed by atoms with Gasteiger partial charge in [-0.05, 0) is 19.1 Å². The second kappa shape index (κ2) is 7.08. The van der Waals surface area contributed by atoms with Crippen LogP contribution >= 0.6 is 0 Å². The number of hydrogen-bond acceptors (Lipinski definition) is 7. The molecule has 28 heavy (non-hydrogen) atoms. The Morgan fingerprint density at radius 1 is 1.29 bits per heavy atom. The van der Waals surface area contributed by atoms with Gasteiger partial charge in [-0.25, -0.2) is 28.2 Å². The highest BCUT2D eigenvalue weighted by atomic mass is 19.3. The van der Waals surface area contributed by atoms with Gasteiger partial charge in [0.2, 0.25) is 0 Å². The van der Waals surface area contributed by atoms with Crippen LogP contribution in [0.3, 0.4) is 0 Å². The summed E-state index contributed by atoms with van der Waals surface area (Å²) in [6.45, 7) is 2.85. The summed E-state index contributed by atoms with van der Waals surface area (Å²) in [5.41, 5.74) is 6.67. The predicted octanol–water partition coefficient (Wildman–Crippen LogP) is 1.65. The molecule has 2 atom stereocenters. The van der Waals surface area contributed by atoms with E-state index in [4.69, 9.17) is 15.9 Å². The molecule has 0 bridgehead atoms. The van der Waals surface area contributed by atoms with Crippen molar-refractivity contribution in [1.29, 1.82) is 5.41 Å². The van der Waals surface area contributed by atoms with E-state index in [2.05, 4.69) is 20.1 Å². The van der Waals surface area contributed by atoms with Gasteiger partial charge in [-0.15, -0.1) is 0 Å². The summed E-state index contributed by atoms with van der Waals surface area (Å²) in [5.74, 6) is 0.572. The molecule has 1 unspecified atom stereocenters. The lowest BCUT2D eigenvalue weighted by Crippen LogP contribution is -2.51. The minimum absolute atomic E-state index is 0.0451. The smallest absolute Gasteiger partial charge is 0.282 e. The third-order valence-electron chi connectivity index (χ3n) is 4.45. The number of amidine groups is 1. The first kappa shape index (κ1) is 18.2. The summed E-state index contributed by atoms with van der Waals surface area (Å²) in [6.07, 6.45) is -0.409. The molecule has 0 aromatic carbocycles. The predicted molar refractivity (Wildman–Crippen MR) is 97.4 cm³/mol. The fourth-order valence-corrected chi connectivity index (χ4v) is 3.15. The Morgan fingerprint density at radius 2 is 2.11 bits per heavy atom. The number of ether oxygens (including phenoxy) is 1. The summed E-state index contributed by atoms with van der Waals surface area (Å²) in [7, 11) is 0. The van der Waals surface area contributed by atoms with Crippen LogP contribution in [0.5, 0.6) is 0 Å². The van der Waals surface area contributed by atoms with Crippen molar-refractivity contribution >= 4 is 17.3 Å². The van der Waals surface area contributed by atoms with Gasteiger partial charge in [0.15, 0.2) is 5.65 Å². The van der Waals surface area contributed by atoms with E-state index in [0.717, 1.165) is 0 Å². The highest BCUT2D eigenvalue weighted by molar-refractivity contribution is 5.82. The van der Waals surface area contributed by atoms with Crippen molar-refractivity contribution in [2.24, 2.45) is 5.73 Å². The first-order valence-corrected chi connectivity index (χ1v) is 8.62. The number of aromatic nitrogens is 5. The second-order valence-electron chi connectivity index (χ2n) is 6.53. The van der Waals surface area contributed by atoms with Crippen molar-refractivity contribution in [1.82, 2.24) is 24.6 Å². The monoisotopic (exact) mass is 388 g/mol. The van der Waals surface area contributed by atoms with Crippen LogP contribution in [0.4, 0.5) is 14.6 Å². The number of nitrogens with two attached hydrogens (primary N) is 1. The topological polar surface area (TPSA) is 118 Å². The van der Waals surface area contributed by atoms with Crippen molar-refractivity contribution < 1.29 is 13.5 Å². The van der Waals surface area contributed by atoms with Crippen LogP contribution in [-0.2, 0) is 4.74 Å². The molecule has 146 valence electrons. The maximum atomic E-state index is 13.0. The Hall–Kier alpha value is -3.21. The minimum Gasteiger partial charge on any atom is -0.385 e. The number of halogens is 2. The van der Waals surface area contributed by atoms with E-state index < -0.39 is 12.5 Å². The lowest BCUT2D eigenvalue weighted by molar-refractivity contribution is 0.0193. The normalized spacial score (nSPS) is 20.1. The van der Waals surface area contributed by atoms with Gasteiger partial charge >= 0.3 is 0 Å². The van der Waals surface area contributed by atoms with E-state index >= 15 is 0 Å². The molecule has 0 amide bonds. The minimum atomic E-state index is -2.68. The SMILES string of the molecule is C[C@@H]1CN(c2cc(-c3cnc4ccc(C(F)F)nn34)ncn2)CC(C(=N)N)O1. The number of imidazole rings is 1. The Kier molecular flexibility index (Phi) is 4.59. The molecular formula is C17H18F2N8O. The molecule has 0 aliphatic carbocycles. The third kappa shape index (κ3) is 3.36. The maximum Gasteiger partial charge on any atom is 0.282 e.